The predicted octanol–water partition coefficient (Wildman–Crippen LogP) is 1.87. The number of nitrogens with one attached hydrogen (secondary N) is 1. The van der Waals surface area contributed by atoms with Crippen molar-refractivity contribution in [3.8, 4) is 0 Å². The van der Waals surface area contributed by atoms with Crippen molar-refractivity contribution in [2.24, 2.45) is 0 Å². The summed E-state index contributed by atoms with van der Waals surface area (Å²) in [6.45, 7) is 7.50. The molecule has 86 valence electrons. The summed E-state index contributed by atoms with van der Waals surface area (Å²) in [5.74, 6) is 0.831. The van der Waals surface area contributed by atoms with Gasteiger partial charge in [0.15, 0.2) is 0 Å². The molecule has 4 nitrogen and oxygen atoms in total. The molecule has 0 amide bonds. The van der Waals surface area contributed by atoms with Crippen LogP contribution in [0.1, 0.15) is 33.6 Å². The maximum absolute atomic E-state index is 10.1. The van der Waals surface area contributed by atoms with Gasteiger partial charge in [-0.1, -0.05) is 13.8 Å². The molecular formula is C11H21N3O. The van der Waals surface area contributed by atoms with Crippen molar-refractivity contribution in [3.05, 3.63) is 12.4 Å². The van der Waals surface area contributed by atoms with Crippen LogP contribution in [0.5, 0.6) is 0 Å². The molecule has 4 heteroatoms. The van der Waals surface area contributed by atoms with Gasteiger partial charge in [-0.25, -0.2) is 4.98 Å². The zero-order valence-electron chi connectivity index (χ0n) is 9.82. The fourth-order valence-electron chi connectivity index (χ4n) is 1.48. The van der Waals surface area contributed by atoms with Crippen molar-refractivity contribution in [1.82, 2.24) is 9.55 Å². The van der Waals surface area contributed by atoms with Crippen LogP contribution in [0.15, 0.2) is 12.4 Å². The number of rotatable bonds is 6. The molecule has 0 radical (unpaired) electrons. The number of aliphatic hydroxyl groups is 1. The predicted molar refractivity (Wildman–Crippen MR) is 61.9 cm³/mol. The molecule has 0 aromatic carbocycles. The third-order valence-corrected chi connectivity index (χ3v) is 2.95. The Hall–Kier alpha value is -1.03. The van der Waals surface area contributed by atoms with Crippen molar-refractivity contribution < 1.29 is 5.11 Å². The lowest BCUT2D eigenvalue weighted by Crippen LogP contribution is -2.36. The molecule has 0 saturated heterocycles. The number of anilines is 1. The van der Waals surface area contributed by atoms with Crippen LogP contribution in [0.3, 0.4) is 0 Å². The Labute approximate surface area is 91.3 Å². The minimum absolute atomic E-state index is 0.553. The lowest BCUT2D eigenvalue weighted by Gasteiger charge is -2.25. The Balaban J connectivity index is 2.56. The minimum atomic E-state index is -0.621. The van der Waals surface area contributed by atoms with Crippen LogP contribution in [0.4, 0.5) is 5.95 Å². The summed E-state index contributed by atoms with van der Waals surface area (Å²) in [4.78, 5) is 4.20. The van der Waals surface area contributed by atoms with E-state index in [4.69, 9.17) is 0 Å². The zero-order chi connectivity index (χ0) is 11.3. The van der Waals surface area contributed by atoms with E-state index in [1.807, 2.05) is 24.6 Å². The van der Waals surface area contributed by atoms with Crippen molar-refractivity contribution in [2.75, 3.05) is 11.9 Å². The van der Waals surface area contributed by atoms with E-state index in [1.165, 1.54) is 0 Å². The van der Waals surface area contributed by atoms with E-state index in [1.54, 1.807) is 6.20 Å². The highest BCUT2D eigenvalue weighted by Gasteiger charge is 2.22. The van der Waals surface area contributed by atoms with E-state index in [0.717, 1.165) is 25.3 Å². The average Bonchev–Trinajstić information content (AvgIpc) is 2.73. The highest BCUT2D eigenvalue weighted by atomic mass is 16.3. The number of aryl methyl sites for hydroxylation is 1. The van der Waals surface area contributed by atoms with Gasteiger partial charge < -0.3 is 15.0 Å². The minimum Gasteiger partial charge on any atom is -0.388 e. The van der Waals surface area contributed by atoms with E-state index in [9.17, 15) is 5.11 Å². The van der Waals surface area contributed by atoms with Crippen molar-refractivity contribution >= 4 is 5.95 Å². The summed E-state index contributed by atoms with van der Waals surface area (Å²) in [7, 11) is 0. The lowest BCUT2D eigenvalue weighted by molar-refractivity contribution is 0.0455. The molecule has 15 heavy (non-hydrogen) atoms. The Morgan fingerprint density at radius 2 is 2.07 bits per heavy atom. The van der Waals surface area contributed by atoms with Gasteiger partial charge in [0.1, 0.15) is 0 Å². The first kappa shape index (κ1) is 12.0. The summed E-state index contributed by atoms with van der Waals surface area (Å²) in [5, 5.41) is 13.3. The quantitative estimate of drug-likeness (QED) is 0.755. The molecule has 0 bridgehead atoms. The van der Waals surface area contributed by atoms with Crippen LogP contribution in [0.25, 0.3) is 0 Å². The van der Waals surface area contributed by atoms with Crippen molar-refractivity contribution in [3.63, 3.8) is 0 Å². The van der Waals surface area contributed by atoms with Crippen molar-refractivity contribution in [1.29, 1.82) is 0 Å². The SMILES string of the molecule is CCn1ccnc1NCC(O)(CC)CC. The maximum Gasteiger partial charge on any atom is 0.202 e. The Morgan fingerprint density at radius 1 is 1.40 bits per heavy atom. The molecule has 0 saturated carbocycles. The summed E-state index contributed by atoms with van der Waals surface area (Å²) >= 11 is 0. The third kappa shape index (κ3) is 2.96. The second kappa shape index (κ2) is 5.16. The molecule has 1 aromatic rings. The average molecular weight is 211 g/mol. The molecule has 0 spiro atoms. The molecule has 0 aliphatic carbocycles. The van der Waals surface area contributed by atoms with Gasteiger partial charge in [-0.2, -0.15) is 0 Å². The van der Waals surface area contributed by atoms with Gasteiger partial charge in [-0.15, -0.1) is 0 Å². The highest BCUT2D eigenvalue weighted by Crippen LogP contribution is 2.15. The van der Waals surface area contributed by atoms with Crippen LogP contribution in [-0.4, -0.2) is 26.8 Å². The summed E-state index contributed by atoms with van der Waals surface area (Å²) in [6.07, 6.45) is 5.20. The summed E-state index contributed by atoms with van der Waals surface area (Å²) in [5.41, 5.74) is -0.621. The van der Waals surface area contributed by atoms with Crippen LogP contribution >= 0.6 is 0 Å². The number of aromatic nitrogens is 2. The first-order valence-electron chi connectivity index (χ1n) is 5.62. The van der Waals surface area contributed by atoms with Gasteiger partial charge >= 0.3 is 0 Å². The second-order valence-electron chi connectivity index (χ2n) is 3.82. The topological polar surface area (TPSA) is 50.1 Å². The van der Waals surface area contributed by atoms with Gasteiger partial charge in [-0.3, -0.25) is 0 Å². The fraction of sp³-hybridized carbons (Fsp3) is 0.727. The number of hydrogen-bond donors (Lipinski definition) is 2. The molecule has 1 aromatic heterocycles. The molecule has 0 aliphatic rings. The normalized spacial score (nSPS) is 11.7. The molecular weight excluding hydrogens is 190 g/mol. The summed E-state index contributed by atoms with van der Waals surface area (Å²) in [6, 6.07) is 0. The van der Waals surface area contributed by atoms with E-state index >= 15 is 0 Å². The van der Waals surface area contributed by atoms with Gasteiger partial charge in [0.05, 0.1) is 5.60 Å². The van der Waals surface area contributed by atoms with E-state index in [-0.39, 0.29) is 0 Å². The molecule has 1 heterocycles. The van der Waals surface area contributed by atoms with Gasteiger partial charge in [-0.05, 0) is 19.8 Å². The fourth-order valence-corrected chi connectivity index (χ4v) is 1.48. The van der Waals surface area contributed by atoms with Crippen LogP contribution in [0.2, 0.25) is 0 Å². The van der Waals surface area contributed by atoms with Crippen LogP contribution < -0.4 is 5.32 Å². The van der Waals surface area contributed by atoms with E-state index in [2.05, 4.69) is 17.2 Å². The van der Waals surface area contributed by atoms with Gasteiger partial charge in [0.2, 0.25) is 5.95 Å². The Bertz CT molecular complexity index is 292. The largest absolute Gasteiger partial charge is 0.388 e. The molecule has 0 aliphatic heterocycles. The first-order chi connectivity index (χ1) is 7.15. The standard InChI is InChI=1S/C11H21N3O/c1-4-11(15,5-2)9-13-10-12-7-8-14(10)6-3/h7-8,15H,4-6,9H2,1-3H3,(H,12,13). The molecule has 0 unspecified atom stereocenters. The number of hydrogen-bond acceptors (Lipinski definition) is 3. The Kier molecular flexibility index (Phi) is 4.15. The third-order valence-electron chi connectivity index (χ3n) is 2.95. The maximum atomic E-state index is 10.1. The number of nitrogens with zero attached hydrogens (tertiary/aromatic N) is 2. The van der Waals surface area contributed by atoms with Crippen LogP contribution in [0, 0.1) is 0 Å². The molecule has 0 atom stereocenters. The summed E-state index contributed by atoms with van der Waals surface area (Å²) < 4.78 is 2.02. The Morgan fingerprint density at radius 3 is 2.60 bits per heavy atom. The van der Waals surface area contributed by atoms with E-state index < -0.39 is 5.60 Å². The first-order valence-corrected chi connectivity index (χ1v) is 5.62. The van der Waals surface area contributed by atoms with Gasteiger partial charge in [0, 0.05) is 25.5 Å². The van der Waals surface area contributed by atoms with Crippen LogP contribution in [-0.2, 0) is 6.54 Å². The molecule has 0 fully saturated rings. The molecule has 1 rings (SSSR count). The lowest BCUT2D eigenvalue weighted by atomic mass is 9.98. The number of imidazole rings is 1. The molecule has 2 N–H and O–H groups in total. The highest BCUT2D eigenvalue weighted by molar-refractivity contribution is 5.26. The van der Waals surface area contributed by atoms with E-state index in [0.29, 0.717) is 6.54 Å². The van der Waals surface area contributed by atoms with Crippen molar-refractivity contribution in [2.45, 2.75) is 45.8 Å². The second-order valence-corrected chi connectivity index (χ2v) is 3.82. The van der Waals surface area contributed by atoms with Gasteiger partial charge in [0.25, 0.3) is 0 Å². The smallest absolute Gasteiger partial charge is 0.202 e. The monoisotopic (exact) mass is 211 g/mol. The zero-order valence-corrected chi connectivity index (χ0v) is 9.82.